The normalized spacial score (nSPS) is 32.5. The van der Waals surface area contributed by atoms with E-state index < -0.39 is 74.6 Å². The first kappa shape index (κ1) is 31.9. The summed E-state index contributed by atoms with van der Waals surface area (Å²) in [6.07, 6.45) is -16.4. The molecule has 1 aromatic heterocycles. The van der Waals surface area contributed by atoms with E-state index in [9.17, 15) is 51.1 Å². The number of benzene rings is 2. The molecule has 0 aliphatic carbocycles. The molecule has 0 unspecified atom stereocenters. The van der Waals surface area contributed by atoms with Crippen LogP contribution in [0.1, 0.15) is 0 Å². The summed E-state index contributed by atoms with van der Waals surface area (Å²) in [4.78, 5) is 0. The van der Waals surface area contributed by atoms with Crippen LogP contribution in [-0.4, -0.2) is 133 Å². The van der Waals surface area contributed by atoms with Gasteiger partial charge in [-0.3, -0.25) is 0 Å². The van der Waals surface area contributed by atoms with Gasteiger partial charge in [0.15, 0.2) is 17.8 Å². The van der Waals surface area contributed by atoms with E-state index in [1.807, 2.05) is 0 Å². The molecule has 44 heavy (non-hydrogen) atoms. The lowest BCUT2D eigenvalue weighted by Gasteiger charge is -2.42. The fourth-order valence-electron chi connectivity index (χ4n) is 4.96. The highest BCUT2D eigenvalue weighted by Gasteiger charge is 2.48. The van der Waals surface area contributed by atoms with E-state index in [4.69, 9.17) is 28.1 Å². The minimum atomic E-state index is -1.84. The molecule has 10 atom stereocenters. The quantitative estimate of drug-likeness (QED) is 0.128. The second-order valence-corrected chi connectivity index (χ2v) is 10.4. The molecule has 16 heteroatoms. The Kier molecular flexibility index (Phi) is 9.28. The topological polar surface area (TPSA) is 260 Å². The van der Waals surface area contributed by atoms with Gasteiger partial charge >= 0.3 is 11.3 Å². The summed E-state index contributed by atoms with van der Waals surface area (Å²) in [7, 11) is 1.33. The number of hydrogen-bond donors (Lipinski definition) is 10. The van der Waals surface area contributed by atoms with Crippen molar-refractivity contribution < 1.29 is 79.2 Å². The number of ether oxygens (including phenoxy) is 5. The smallest absolute Gasteiger partial charge is 0.402 e. The highest BCUT2D eigenvalue weighted by atomic mass is 16.7. The van der Waals surface area contributed by atoms with Gasteiger partial charge in [-0.15, -0.1) is 0 Å². The molecule has 2 saturated heterocycles. The molecular formula is C28H33O16+. The highest BCUT2D eigenvalue weighted by Crippen LogP contribution is 2.42. The van der Waals surface area contributed by atoms with Gasteiger partial charge in [-0.2, -0.15) is 0 Å². The first-order valence-electron chi connectivity index (χ1n) is 13.4. The van der Waals surface area contributed by atoms with Crippen LogP contribution in [-0.2, 0) is 14.2 Å². The van der Waals surface area contributed by atoms with E-state index >= 15 is 0 Å². The third-order valence-electron chi connectivity index (χ3n) is 7.44. The van der Waals surface area contributed by atoms with Crippen LogP contribution in [0.25, 0.3) is 22.3 Å². The zero-order valence-corrected chi connectivity index (χ0v) is 23.1. The molecule has 2 fully saturated rings. The standard InChI is InChI=1S/C28H32O16/c1-39-16-4-10(2-3-13(16)31)26-17(7-12-14(32)5-11(30)6-15(12)41-26)42-28-25(38)23(36)21(34)19(44-28)9-40-27-24(37)22(35)20(33)18(8-29)43-27/h2-7,18-25,27-29,33-38H,8-9H2,1H3,(H2-,30,31,32)/p+1/t18-,19-,20-,21-,22+,23+,24-,25-,27-,28-/m1/s1. The molecule has 10 N–H and O–H groups in total. The monoisotopic (exact) mass is 625 g/mol. The van der Waals surface area contributed by atoms with Crippen molar-refractivity contribution in [2.45, 2.75) is 61.4 Å². The summed E-state index contributed by atoms with van der Waals surface area (Å²) in [5.74, 6) is -0.971. The second kappa shape index (κ2) is 12.8. The molecule has 16 nitrogen and oxygen atoms in total. The van der Waals surface area contributed by atoms with Crippen LogP contribution < -0.4 is 9.47 Å². The van der Waals surface area contributed by atoms with Crippen LogP contribution >= 0.6 is 0 Å². The van der Waals surface area contributed by atoms with Gasteiger partial charge in [-0.1, -0.05) is 0 Å². The summed E-state index contributed by atoms with van der Waals surface area (Å²) in [5, 5.41) is 102. The van der Waals surface area contributed by atoms with Crippen molar-refractivity contribution in [1.29, 1.82) is 0 Å². The molecule has 0 bridgehead atoms. The second-order valence-electron chi connectivity index (χ2n) is 10.4. The van der Waals surface area contributed by atoms with E-state index in [1.165, 1.54) is 37.4 Å². The molecule has 0 saturated carbocycles. The third-order valence-corrected chi connectivity index (χ3v) is 7.44. The Hall–Kier alpha value is -3.55. The largest absolute Gasteiger partial charge is 0.507 e. The van der Waals surface area contributed by atoms with Gasteiger partial charge < -0.3 is 74.7 Å². The van der Waals surface area contributed by atoms with Crippen molar-refractivity contribution in [3.05, 3.63) is 36.4 Å². The van der Waals surface area contributed by atoms with Crippen LogP contribution in [0, 0.1) is 0 Å². The Bertz CT molecular complexity index is 1470. The molecule has 0 spiro atoms. The summed E-state index contributed by atoms with van der Waals surface area (Å²) in [5.41, 5.74) is 0.316. The number of aromatic hydroxyl groups is 3. The van der Waals surface area contributed by atoms with Crippen molar-refractivity contribution in [2.24, 2.45) is 0 Å². The number of methoxy groups -OCH3 is 1. The molecule has 0 radical (unpaired) electrons. The summed E-state index contributed by atoms with van der Waals surface area (Å²) in [6, 6.07) is 7.78. The van der Waals surface area contributed by atoms with Crippen LogP contribution in [0.3, 0.4) is 0 Å². The Morgan fingerprint density at radius 1 is 0.727 bits per heavy atom. The van der Waals surface area contributed by atoms with Gasteiger partial charge in [0.2, 0.25) is 12.0 Å². The number of aliphatic hydroxyl groups is 7. The minimum Gasteiger partial charge on any atom is -0.507 e. The number of rotatable bonds is 8. The van der Waals surface area contributed by atoms with Gasteiger partial charge in [-0.05, 0) is 12.1 Å². The van der Waals surface area contributed by atoms with Crippen LogP contribution in [0.4, 0.5) is 0 Å². The van der Waals surface area contributed by atoms with Gasteiger partial charge in [-0.25, -0.2) is 4.42 Å². The molecule has 0 amide bonds. The van der Waals surface area contributed by atoms with E-state index in [2.05, 4.69) is 0 Å². The van der Waals surface area contributed by atoms with Crippen molar-refractivity contribution in [1.82, 2.24) is 0 Å². The molecule has 5 rings (SSSR count). The van der Waals surface area contributed by atoms with E-state index in [1.54, 1.807) is 0 Å². The molecule has 2 aliphatic rings. The maximum atomic E-state index is 10.7. The number of phenols is 3. The zero-order chi connectivity index (χ0) is 31.9. The number of fused-ring (bicyclic) bond motifs is 1. The molecule has 240 valence electrons. The Morgan fingerprint density at radius 2 is 1.39 bits per heavy atom. The van der Waals surface area contributed by atoms with Gasteiger partial charge in [0, 0.05) is 18.2 Å². The predicted octanol–water partition coefficient (Wildman–Crippen LogP) is -1.49. The van der Waals surface area contributed by atoms with Gasteiger partial charge in [0.05, 0.1) is 32.0 Å². The van der Waals surface area contributed by atoms with Crippen molar-refractivity contribution in [3.8, 4) is 40.1 Å². The fourth-order valence-corrected chi connectivity index (χ4v) is 4.96. The number of phenolic OH excluding ortho intramolecular Hbond substituents is 3. The number of hydrogen-bond acceptors (Lipinski definition) is 15. The van der Waals surface area contributed by atoms with E-state index in [0.717, 1.165) is 6.07 Å². The highest BCUT2D eigenvalue weighted by molar-refractivity contribution is 5.88. The molecule has 2 aromatic carbocycles. The van der Waals surface area contributed by atoms with E-state index in [0.29, 0.717) is 0 Å². The first-order chi connectivity index (χ1) is 20.9. The lowest BCUT2D eigenvalue weighted by atomic mass is 9.98. The van der Waals surface area contributed by atoms with Crippen molar-refractivity contribution in [3.63, 3.8) is 0 Å². The molecule has 3 heterocycles. The Balaban J connectivity index is 1.44. The maximum absolute atomic E-state index is 10.7. The van der Waals surface area contributed by atoms with Crippen LogP contribution in [0.5, 0.6) is 28.7 Å². The van der Waals surface area contributed by atoms with Gasteiger partial charge in [0.25, 0.3) is 0 Å². The first-order valence-corrected chi connectivity index (χ1v) is 13.4. The van der Waals surface area contributed by atoms with Crippen LogP contribution in [0.2, 0.25) is 0 Å². The Morgan fingerprint density at radius 3 is 2.07 bits per heavy atom. The summed E-state index contributed by atoms with van der Waals surface area (Å²) < 4.78 is 33.5. The van der Waals surface area contributed by atoms with Gasteiger partial charge in [0.1, 0.15) is 65.7 Å². The lowest BCUT2D eigenvalue weighted by molar-refractivity contribution is -0.323. The predicted molar refractivity (Wildman–Crippen MR) is 145 cm³/mol. The summed E-state index contributed by atoms with van der Waals surface area (Å²) in [6.45, 7) is -1.28. The van der Waals surface area contributed by atoms with Crippen molar-refractivity contribution >= 4 is 11.0 Å². The van der Waals surface area contributed by atoms with Crippen LogP contribution in [0.15, 0.2) is 40.8 Å². The maximum Gasteiger partial charge on any atom is 0.402 e. The lowest BCUT2D eigenvalue weighted by Crippen LogP contribution is -2.62. The molecule has 2 aliphatic heterocycles. The molecular weight excluding hydrogens is 592 g/mol. The number of aliphatic hydroxyl groups excluding tert-OH is 7. The van der Waals surface area contributed by atoms with E-state index in [-0.39, 0.29) is 51.0 Å². The SMILES string of the molecule is COc1cc(-c2[o+]c3cc(O)cc(O)c3cc2O[C@@H]2O[C@H](CO[C@@H]3O[C@H](CO)[C@@H](O)[C@H](O)[C@H]3O)[C@@H](O)[C@H](O)[C@H]2O)ccc1O. The van der Waals surface area contributed by atoms with Crippen molar-refractivity contribution in [2.75, 3.05) is 20.3 Å². The fraction of sp³-hybridized carbons (Fsp3) is 0.464. The average molecular weight is 626 g/mol. The zero-order valence-electron chi connectivity index (χ0n) is 23.1. The minimum absolute atomic E-state index is 0.0308. The average Bonchev–Trinajstić information content (AvgIpc) is 3.00. The summed E-state index contributed by atoms with van der Waals surface area (Å²) >= 11 is 0. The molecule has 3 aromatic rings. The third kappa shape index (κ3) is 6.04. The Labute approximate surface area is 248 Å².